The van der Waals surface area contributed by atoms with Gasteiger partial charge < -0.3 is 19.5 Å². The van der Waals surface area contributed by atoms with E-state index in [1.165, 1.54) is 5.56 Å². The lowest BCUT2D eigenvalue weighted by molar-refractivity contribution is 0.0526. The molecule has 0 unspecified atom stereocenters. The summed E-state index contributed by atoms with van der Waals surface area (Å²) < 4.78 is 16.5. The number of esters is 1. The minimum absolute atomic E-state index is 0.310. The second-order valence-corrected chi connectivity index (χ2v) is 6.85. The van der Waals surface area contributed by atoms with E-state index in [1.54, 1.807) is 26.2 Å². The Labute approximate surface area is 177 Å². The average molecular weight is 405 g/mol. The highest BCUT2D eigenvalue weighted by Gasteiger charge is 2.08. The van der Waals surface area contributed by atoms with Crippen molar-refractivity contribution in [2.45, 2.75) is 27.0 Å². The van der Waals surface area contributed by atoms with Gasteiger partial charge in [0.1, 0.15) is 6.61 Å². The van der Waals surface area contributed by atoms with Gasteiger partial charge in [-0.25, -0.2) is 4.79 Å². The highest BCUT2D eigenvalue weighted by atomic mass is 16.5. The second kappa shape index (κ2) is 10.3. The molecule has 0 spiro atoms. The molecule has 0 aliphatic rings. The second-order valence-electron chi connectivity index (χ2n) is 6.85. The van der Waals surface area contributed by atoms with Gasteiger partial charge in [0.15, 0.2) is 11.5 Å². The predicted octanol–water partition coefficient (Wildman–Crippen LogP) is 5.37. The molecule has 5 heteroatoms. The van der Waals surface area contributed by atoms with Crippen LogP contribution in [-0.2, 0) is 17.9 Å². The number of hydrogen-bond acceptors (Lipinski definition) is 5. The zero-order valence-electron chi connectivity index (χ0n) is 17.6. The first-order chi connectivity index (χ1) is 14.6. The van der Waals surface area contributed by atoms with E-state index in [-0.39, 0.29) is 5.97 Å². The maximum absolute atomic E-state index is 11.7. The van der Waals surface area contributed by atoms with E-state index in [9.17, 15) is 4.79 Å². The standard InChI is InChI=1S/C25H27NO4/c1-4-29-25(27)20-10-12-22(13-11-20)26-16-19-9-14-23(24(15-19)28-3)30-17-21-8-6-5-7-18(21)2/h5-15,26H,4,16-17H2,1-3H3. The molecule has 1 N–H and O–H groups in total. The number of carbonyl (C=O) groups is 1. The molecule has 0 aromatic heterocycles. The Morgan fingerprint density at radius 3 is 2.43 bits per heavy atom. The molecule has 0 heterocycles. The van der Waals surface area contributed by atoms with Crippen molar-refractivity contribution in [3.63, 3.8) is 0 Å². The Kier molecular flexibility index (Phi) is 7.33. The van der Waals surface area contributed by atoms with E-state index < -0.39 is 0 Å². The van der Waals surface area contributed by atoms with Gasteiger partial charge in [-0.3, -0.25) is 0 Å². The van der Waals surface area contributed by atoms with E-state index >= 15 is 0 Å². The third-order valence-electron chi connectivity index (χ3n) is 4.77. The minimum Gasteiger partial charge on any atom is -0.493 e. The van der Waals surface area contributed by atoms with Crippen LogP contribution in [0.3, 0.4) is 0 Å². The SMILES string of the molecule is CCOC(=O)c1ccc(NCc2ccc(OCc3ccccc3C)c(OC)c2)cc1. The first-order valence-corrected chi connectivity index (χ1v) is 9.96. The van der Waals surface area contributed by atoms with E-state index in [0.29, 0.717) is 36.8 Å². The van der Waals surface area contributed by atoms with E-state index in [2.05, 4.69) is 24.4 Å². The van der Waals surface area contributed by atoms with E-state index in [4.69, 9.17) is 14.2 Å². The van der Waals surface area contributed by atoms with Gasteiger partial charge in [0.2, 0.25) is 0 Å². The molecular weight excluding hydrogens is 378 g/mol. The predicted molar refractivity (Wildman–Crippen MR) is 118 cm³/mol. The molecule has 0 aliphatic carbocycles. The van der Waals surface area contributed by atoms with Gasteiger partial charge in [0, 0.05) is 12.2 Å². The van der Waals surface area contributed by atoms with Crippen molar-refractivity contribution in [2.24, 2.45) is 0 Å². The smallest absolute Gasteiger partial charge is 0.338 e. The van der Waals surface area contributed by atoms with Crippen LogP contribution < -0.4 is 14.8 Å². The number of rotatable bonds is 9. The summed E-state index contributed by atoms with van der Waals surface area (Å²) in [6.45, 7) is 5.34. The van der Waals surface area contributed by atoms with Crippen LogP contribution in [0.15, 0.2) is 66.7 Å². The molecule has 5 nitrogen and oxygen atoms in total. The monoisotopic (exact) mass is 405 g/mol. The Balaban J connectivity index is 1.60. The third kappa shape index (κ3) is 5.54. The number of ether oxygens (including phenoxy) is 3. The van der Waals surface area contributed by atoms with Gasteiger partial charge in [0.05, 0.1) is 19.3 Å². The first-order valence-electron chi connectivity index (χ1n) is 9.96. The summed E-state index contributed by atoms with van der Waals surface area (Å²) in [7, 11) is 1.64. The molecule has 30 heavy (non-hydrogen) atoms. The quantitative estimate of drug-likeness (QED) is 0.485. The molecule has 0 bridgehead atoms. The topological polar surface area (TPSA) is 56.8 Å². The molecule has 0 fully saturated rings. The summed E-state index contributed by atoms with van der Waals surface area (Å²) >= 11 is 0. The van der Waals surface area contributed by atoms with Crippen molar-refractivity contribution in [3.8, 4) is 11.5 Å². The third-order valence-corrected chi connectivity index (χ3v) is 4.77. The lowest BCUT2D eigenvalue weighted by atomic mass is 10.1. The van der Waals surface area contributed by atoms with Gasteiger partial charge in [-0.1, -0.05) is 30.3 Å². The minimum atomic E-state index is -0.310. The molecule has 0 radical (unpaired) electrons. The van der Waals surface area contributed by atoms with Gasteiger partial charge in [-0.15, -0.1) is 0 Å². The molecule has 0 atom stereocenters. The highest BCUT2D eigenvalue weighted by molar-refractivity contribution is 5.89. The fourth-order valence-corrected chi connectivity index (χ4v) is 3.01. The van der Waals surface area contributed by atoms with Crippen LogP contribution in [0.25, 0.3) is 0 Å². The largest absolute Gasteiger partial charge is 0.493 e. The van der Waals surface area contributed by atoms with E-state index in [1.807, 2.05) is 42.5 Å². The molecular formula is C25H27NO4. The lowest BCUT2D eigenvalue weighted by Gasteiger charge is -2.14. The van der Waals surface area contributed by atoms with Crippen LogP contribution in [-0.4, -0.2) is 19.7 Å². The molecule has 0 amide bonds. The van der Waals surface area contributed by atoms with E-state index in [0.717, 1.165) is 16.8 Å². The van der Waals surface area contributed by atoms with Crippen molar-refractivity contribution in [1.29, 1.82) is 0 Å². The van der Waals surface area contributed by atoms with Crippen LogP contribution >= 0.6 is 0 Å². The summed E-state index contributed by atoms with van der Waals surface area (Å²) in [5.74, 6) is 1.10. The Bertz CT molecular complexity index is 983. The first kappa shape index (κ1) is 21.2. The number of carbonyl (C=O) groups excluding carboxylic acids is 1. The van der Waals surface area contributed by atoms with Crippen molar-refractivity contribution < 1.29 is 19.0 Å². The van der Waals surface area contributed by atoms with Crippen LogP contribution in [0.1, 0.15) is 34.0 Å². The normalized spacial score (nSPS) is 10.4. The number of methoxy groups -OCH3 is 1. The van der Waals surface area contributed by atoms with Crippen LogP contribution in [0.2, 0.25) is 0 Å². The molecule has 0 saturated heterocycles. The van der Waals surface area contributed by atoms with Gasteiger partial charge in [-0.05, 0) is 66.9 Å². The van der Waals surface area contributed by atoms with Gasteiger partial charge in [0.25, 0.3) is 0 Å². The van der Waals surface area contributed by atoms with Crippen LogP contribution in [0.5, 0.6) is 11.5 Å². The molecule has 3 rings (SSSR count). The summed E-state index contributed by atoms with van der Waals surface area (Å²) in [5, 5.41) is 3.35. The fraction of sp³-hybridized carbons (Fsp3) is 0.240. The Morgan fingerprint density at radius 1 is 0.967 bits per heavy atom. The average Bonchev–Trinajstić information content (AvgIpc) is 2.78. The number of aryl methyl sites for hydroxylation is 1. The Hall–Kier alpha value is -3.47. The number of anilines is 1. The van der Waals surface area contributed by atoms with Crippen LogP contribution in [0, 0.1) is 6.92 Å². The molecule has 0 saturated carbocycles. The van der Waals surface area contributed by atoms with Crippen molar-refractivity contribution >= 4 is 11.7 Å². The maximum Gasteiger partial charge on any atom is 0.338 e. The van der Waals surface area contributed by atoms with Crippen LogP contribution in [0.4, 0.5) is 5.69 Å². The summed E-state index contributed by atoms with van der Waals surface area (Å²) in [4.78, 5) is 11.7. The van der Waals surface area contributed by atoms with Gasteiger partial charge in [-0.2, -0.15) is 0 Å². The number of nitrogens with one attached hydrogen (secondary N) is 1. The van der Waals surface area contributed by atoms with Crippen molar-refractivity contribution in [1.82, 2.24) is 0 Å². The number of hydrogen-bond donors (Lipinski definition) is 1. The molecule has 3 aromatic carbocycles. The van der Waals surface area contributed by atoms with Crippen molar-refractivity contribution in [3.05, 3.63) is 89.0 Å². The molecule has 156 valence electrons. The molecule has 3 aromatic rings. The number of benzene rings is 3. The summed E-state index contributed by atoms with van der Waals surface area (Å²) in [6.07, 6.45) is 0. The fourth-order valence-electron chi connectivity index (χ4n) is 3.01. The van der Waals surface area contributed by atoms with Gasteiger partial charge >= 0.3 is 5.97 Å². The maximum atomic E-state index is 11.7. The molecule has 0 aliphatic heterocycles. The van der Waals surface area contributed by atoms with Crippen molar-refractivity contribution in [2.75, 3.05) is 19.0 Å². The lowest BCUT2D eigenvalue weighted by Crippen LogP contribution is -2.05. The zero-order valence-corrected chi connectivity index (χ0v) is 17.6. The zero-order chi connectivity index (χ0) is 21.3. The summed E-state index contributed by atoms with van der Waals surface area (Å²) in [5.41, 5.74) is 4.87. The summed E-state index contributed by atoms with van der Waals surface area (Å²) in [6, 6.07) is 21.3. The Morgan fingerprint density at radius 2 is 1.73 bits per heavy atom. The highest BCUT2D eigenvalue weighted by Crippen LogP contribution is 2.29.